The maximum absolute atomic E-state index is 13.6. The van der Waals surface area contributed by atoms with Crippen LogP contribution in [0.2, 0.25) is 0 Å². The molecule has 2 N–H and O–H groups in total. The minimum Gasteiger partial charge on any atom is -0.493 e. The Morgan fingerprint density at radius 1 is 1.18 bits per heavy atom. The van der Waals surface area contributed by atoms with Crippen molar-refractivity contribution in [1.82, 2.24) is 23.8 Å². The first-order chi connectivity index (χ1) is 19.3. The van der Waals surface area contributed by atoms with E-state index in [-0.39, 0.29) is 22.9 Å². The van der Waals surface area contributed by atoms with E-state index in [2.05, 4.69) is 10.1 Å². The Hall–Kier alpha value is -3.26. The van der Waals surface area contributed by atoms with Gasteiger partial charge in [0.05, 0.1) is 35.6 Å². The molecule has 40 heavy (non-hydrogen) atoms. The Balaban J connectivity index is 1.85. The van der Waals surface area contributed by atoms with Gasteiger partial charge in [0.2, 0.25) is 10.0 Å². The lowest BCUT2D eigenvalue weighted by molar-refractivity contribution is 0.151. The van der Waals surface area contributed by atoms with Gasteiger partial charge in [-0.2, -0.15) is 4.31 Å². The van der Waals surface area contributed by atoms with Gasteiger partial charge in [0.15, 0.2) is 5.82 Å². The van der Waals surface area contributed by atoms with Gasteiger partial charge in [0.1, 0.15) is 18.4 Å². The number of H-pyrrole nitrogens is 1. The summed E-state index contributed by atoms with van der Waals surface area (Å²) < 4.78 is 36.1. The van der Waals surface area contributed by atoms with Crippen molar-refractivity contribution in [2.45, 2.75) is 44.9 Å². The highest BCUT2D eigenvalue weighted by Gasteiger charge is 2.30. The van der Waals surface area contributed by atoms with Crippen LogP contribution < -0.4 is 10.3 Å². The normalized spacial score (nSPS) is 15.3. The van der Waals surface area contributed by atoms with Crippen molar-refractivity contribution in [3.05, 3.63) is 45.4 Å². The van der Waals surface area contributed by atoms with Crippen molar-refractivity contribution >= 4 is 21.8 Å². The molecule has 0 aliphatic carbocycles. The highest BCUT2D eigenvalue weighted by Crippen LogP contribution is 2.32. The number of aliphatic hydroxyl groups is 1. The molecule has 3 heterocycles. The molecule has 1 saturated heterocycles. The Morgan fingerprint density at radius 2 is 1.93 bits per heavy atom. The van der Waals surface area contributed by atoms with Crippen molar-refractivity contribution < 1.29 is 23.1 Å². The zero-order chi connectivity index (χ0) is 28.9. The van der Waals surface area contributed by atoms with Gasteiger partial charge >= 0.3 is 0 Å². The molecule has 3 aromatic rings. The molecule has 1 aliphatic rings. The summed E-state index contributed by atoms with van der Waals surface area (Å²) in [6, 6.07) is 4.64. The molecule has 12 nitrogen and oxygen atoms in total. The first-order valence-corrected chi connectivity index (χ1v) is 15.1. The second kappa shape index (κ2) is 12.9. The standard InChI is InChI=1S/C27H38N6O6S/c1-5-8-23-22(18-28-38-4)20(6-2)25-27(35)29-26(30-33(23)25)21-17-19(9-10-24(21)39-7-3)40(36,37)32-13-11-31(12-14-32)15-16-34/h9-10,17-18,34H,5-8,11-16H2,1-4H3,(H,29,30,35)/b28-18+. The fraction of sp³-hybridized carbons (Fsp3) is 0.519. The van der Waals surface area contributed by atoms with Crippen molar-refractivity contribution in [2.24, 2.45) is 5.16 Å². The minimum absolute atomic E-state index is 0.0341. The predicted octanol–water partition coefficient (Wildman–Crippen LogP) is 1.88. The average molecular weight is 575 g/mol. The maximum Gasteiger partial charge on any atom is 0.275 e. The molecule has 0 bridgehead atoms. The number of oxime groups is 1. The van der Waals surface area contributed by atoms with Crippen molar-refractivity contribution in [3.63, 3.8) is 0 Å². The summed E-state index contributed by atoms with van der Waals surface area (Å²) in [4.78, 5) is 23.4. The number of sulfonamides is 1. The highest BCUT2D eigenvalue weighted by atomic mass is 32.2. The van der Waals surface area contributed by atoms with Gasteiger partial charge in [-0.3, -0.25) is 9.69 Å². The maximum atomic E-state index is 13.6. The molecule has 1 aromatic carbocycles. The number of nitrogens with zero attached hydrogens (tertiary/aromatic N) is 5. The van der Waals surface area contributed by atoms with Gasteiger partial charge < -0.3 is 19.7 Å². The molecule has 0 saturated carbocycles. The summed E-state index contributed by atoms with van der Waals surface area (Å²) in [5.74, 6) is 0.619. The lowest BCUT2D eigenvalue weighted by Gasteiger charge is -2.33. The zero-order valence-corrected chi connectivity index (χ0v) is 24.3. The lowest BCUT2D eigenvalue weighted by Crippen LogP contribution is -2.49. The first-order valence-electron chi connectivity index (χ1n) is 13.6. The average Bonchev–Trinajstić information content (AvgIpc) is 3.25. The third-order valence-corrected chi connectivity index (χ3v) is 8.95. The van der Waals surface area contributed by atoms with E-state index in [1.165, 1.54) is 23.5 Å². The van der Waals surface area contributed by atoms with E-state index in [0.29, 0.717) is 69.0 Å². The van der Waals surface area contributed by atoms with Crippen LogP contribution in [0.5, 0.6) is 5.75 Å². The smallest absolute Gasteiger partial charge is 0.275 e. The van der Waals surface area contributed by atoms with Crippen LogP contribution in [0, 0.1) is 0 Å². The molecule has 0 spiro atoms. The SMILES string of the molecule is CCCc1c(/C=N/OC)c(CC)c2c(=O)[nH]c(-c3cc(S(=O)(=O)N4CCN(CCO)CC4)ccc3OCC)nn12. The fourth-order valence-corrected chi connectivity index (χ4v) is 6.60. The second-order valence-electron chi connectivity index (χ2n) is 9.48. The largest absolute Gasteiger partial charge is 0.493 e. The summed E-state index contributed by atoms with van der Waals surface area (Å²) in [5, 5.41) is 18.0. The molecule has 2 aromatic heterocycles. The number of aromatic amines is 1. The van der Waals surface area contributed by atoms with Crippen LogP contribution in [0.4, 0.5) is 0 Å². The van der Waals surface area contributed by atoms with Crippen LogP contribution in [-0.4, -0.2) is 96.6 Å². The highest BCUT2D eigenvalue weighted by molar-refractivity contribution is 7.89. The number of hydrogen-bond acceptors (Lipinski definition) is 9. The Kier molecular flexibility index (Phi) is 9.61. The molecule has 1 aliphatic heterocycles. The molecule has 0 radical (unpaired) electrons. The van der Waals surface area contributed by atoms with E-state index in [1.54, 1.807) is 16.8 Å². The lowest BCUT2D eigenvalue weighted by atomic mass is 10.1. The number of β-amino-alcohol motifs (C(OH)–C–C–N with tert-alkyl or cyclic N) is 1. The molecule has 1 fully saturated rings. The van der Waals surface area contributed by atoms with Crippen LogP contribution in [-0.2, 0) is 27.7 Å². The number of fused-ring (bicyclic) bond motifs is 1. The number of aliphatic hydroxyl groups excluding tert-OH is 1. The van der Waals surface area contributed by atoms with E-state index in [4.69, 9.17) is 14.7 Å². The predicted molar refractivity (Wildman–Crippen MR) is 153 cm³/mol. The third kappa shape index (κ3) is 5.78. The molecule has 0 amide bonds. The quantitative estimate of drug-likeness (QED) is 0.247. The van der Waals surface area contributed by atoms with Crippen molar-refractivity contribution in [1.29, 1.82) is 0 Å². The number of aromatic nitrogens is 3. The van der Waals surface area contributed by atoms with Crippen LogP contribution in [0.3, 0.4) is 0 Å². The summed E-state index contributed by atoms with van der Waals surface area (Å²) in [6.07, 6.45) is 3.66. The van der Waals surface area contributed by atoms with Gasteiger partial charge in [0.25, 0.3) is 5.56 Å². The van der Waals surface area contributed by atoms with E-state index in [1.807, 2.05) is 25.7 Å². The number of nitrogens with one attached hydrogen (secondary N) is 1. The Morgan fingerprint density at radius 3 is 2.55 bits per heavy atom. The van der Waals surface area contributed by atoms with E-state index < -0.39 is 10.0 Å². The molecular formula is C27H38N6O6S. The monoisotopic (exact) mass is 574 g/mol. The van der Waals surface area contributed by atoms with E-state index in [9.17, 15) is 18.3 Å². The number of benzene rings is 1. The Labute approximate surface area is 234 Å². The summed E-state index contributed by atoms with van der Waals surface area (Å²) in [7, 11) is -2.35. The number of aryl methyl sites for hydroxylation is 2. The first kappa shape index (κ1) is 29.7. The van der Waals surface area contributed by atoms with Crippen LogP contribution in [0.25, 0.3) is 16.9 Å². The van der Waals surface area contributed by atoms with Gasteiger partial charge in [-0.15, -0.1) is 5.10 Å². The van der Waals surface area contributed by atoms with Gasteiger partial charge in [-0.25, -0.2) is 12.9 Å². The summed E-state index contributed by atoms with van der Waals surface area (Å²) in [5.41, 5.74) is 2.89. The number of hydrogen-bond donors (Lipinski definition) is 2. The van der Waals surface area contributed by atoms with Gasteiger partial charge in [0, 0.05) is 38.3 Å². The Bertz CT molecular complexity index is 1520. The summed E-state index contributed by atoms with van der Waals surface area (Å²) >= 11 is 0. The van der Waals surface area contributed by atoms with E-state index >= 15 is 0 Å². The minimum atomic E-state index is -3.82. The number of ether oxygens (including phenoxy) is 1. The van der Waals surface area contributed by atoms with Gasteiger partial charge in [-0.05, 0) is 43.5 Å². The van der Waals surface area contributed by atoms with Crippen molar-refractivity contribution in [3.8, 4) is 17.1 Å². The summed E-state index contributed by atoms with van der Waals surface area (Å²) in [6.45, 7) is 8.46. The topological polar surface area (TPSA) is 142 Å². The second-order valence-corrected chi connectivity index (χ2v) is 11.4. The van der Waals surface area contributed by atoms with Crippen molar-refractivity contribution in [2.75, 3.05) is 53.0 Å². The van der Waals surface area contributed by atoms with Crippen LogP contribution in [0.1, 0.15) is 44.0 Å². The molecule has 4 rings (SSSR count). The molecule has 13 heteroatoms. The van der Waals surface area contributed by atoms with Gasteiger partial charge in [-0.1, -0.05) is 25.4 Å². The van der Waals surface area contributed by atoms with Crippen LogP contribution >= 0.6 is 0 Å². The zero-order valence-electron chi connectivity index (χ0n) is 23.5. The van der Waals surface area contributed by atoms with Crippen LogP contribution in [0.15, 0.2) is 33.0 Å². The molecule has 0 unspecified atom stereocenters. The fourth-order valence-electron chi connectivity index (χ4n) is 5.15. The molecule has 0 atom stereocenters. The molecular weight excluding hydrogens is 536 g/mol. The molecule has 218 valence electrons. The number of rotatable bonds is 12. The third-order valence-electron chi connectivity index (χ3n) is 7.06. The number of piperazine rings is 1. The van der Waals surface area contributed by atoms with E-state index in [0.717, 1.165) is 23.2 Å².